The first-order valence-electron chi connectivity index (χ1n) is 7.02. The number of carboxylic acid groups (broad SMARTS) is 1. The number of pyridine rings is 1. The van der Waals surface area contributed by atoms with Crippen molar-refractivity contribution in [1.29, 1.82) is 0 Å². The molecule has 0 saturated heterocycles. The molecule has 1 N–H and O–H groups in total. The van der Waals surface area contributed by atoms with Gasteiger partial charge < -0.3 is 14.4 Å². The molecule has 2 heterocycles. The second kappa shape index (κ2) is 6.78. The van der Waals surface area contributed by atoms with Crippen LogP contribution in [0.2, 0.25) is 4.34 Å². The zero-order valence-electron chi connectivity index (χ0n) is 13.3. The Morgan fingerprint density at radius 2 is 2.00 bits per heavy atom. The van der Waals surface area contributed by atoms with Crippen LogP contribution in [0.4, 0.5) is 0 Å². The van der Waals surface area contributed by atoms with E-state index >= 15 is 0 Å². The van der Waals surface area contributed by atoms with Gasteiger partial charge in [0.05, 0.1) is 4.34 Å². The summed E-state index contributed by atoms with van der Waals surface area (Å²) in [5, 5.41) is 9.24. The SMILES string of the molecule is CC(C)(C)OC(=O)Cn1cc(-c2ccc(Cl)s2)cc(C(=O)O)c1=O. The first-order chi connectivity index (χ1) is 11.1. The maximum atomic E-state index is 12.3. The maximum Gasteiger partial charge on any atom is 0.341 e. The van der Waals surface area contributed by atoms with Crippen molar-refractivity contribution >= 4 is 34.9 Å². The fourth-order valence-corrected chi connectivity index (χ4v) is 3.05. The van der Waals surface area contributed by atoms with Gasteiger partial charge in [-0.2, -0.15) is 0 Å². The lowest BCUT2D eigenvalue weighted by atomic mass is 10.1. The van der Waals surface area contributed by atoms with Crippen LogP contribution >= 0.6 is 22.9 Å². The minimum atomic E-state index is -1.36. The van der Waals surface area contributed by atoms with E-state index in [4.69, 9.17) is 16.3 Å². The summed E-state index contributed by atoms with van der Waals surface area (Å²) in [5.41, 5.74) is -1.39. The molecule has 24 heavy (non-hydrogen) atoms. The minimum Gasteiger partial charge on any atom is -0.477 e. The van der Waals surface area contributed by atoms with Gasteiger partial charge in [-0.15, -0.1) is 11.3 Å². The summed E-state index contributed by atoms with van der Waals surface area (Å²) in [5.74, 6) is -1.98. The number of carboxylic acids is 1. The number of aromatic nitrogens is 1. The third-order valence-corrected chi connectivity index (χ3v) is 4.17. The van der Waals surface area contributed by atoms with Crippen molar-refractivity contribution in [3.8, 4) is 10.4 Å². The van der Waals surface area contributed by atoms with Crippen molar-refractivity contribution in [2.45, 2.75) is 32.9 Å². The summed E-state index contributed by atoms with van der Waals surface area (Å²) < 4.78 is 6.76. The lowest BCUT2D eigenvalue weighted by Crippen LogP contribution is -2.32. The van der Waals surface area contributed by atoms with Gasteiger partial charge >= 0.3 is 11.9 Å². The molecule has 0 saturated carbocycles. The predicted octanol–water partition coefficient (Wildman–Crippen LogP) is 3.27. The number of esters is 1. The van der Waals surface area contributed by atoms with E-state index in [1.165, 1.54) is 23.6 Å². The number of ether oxygens (including phenoxy) is 1. The quantitative estimate of drug-likeness (QED) is 0.836. The Morgan fingerprint density at radius 3 is 2.50 bits per heavy atom. The van der Waals surface area contributed by atoms with Gasteiger partial charge in [-0.25, -0.2) is 4.79 Å². The second-order valence-corrected chi connectivity index (χ2v) is 7.79. The van der Waals surface area contributed by atoms with Gasteiger partial charge in [0.15, 0.2) is 0 Å². The Bertz CT molecular complexity index is 847. The highest BCUT2D eigenvalue weighted by Crippen LogP contribution is 2.30. The molecule has 2 aromatic heterocycles. The second-order valence-electron chi connectivity index (χ2n) is 6.07. The zero-order chi connectivity index (χ0) is 18.1. The standard InChI is InChI=1S/C16H16ClNO5S/c1-16(2,3)23-13(19)8-18-7-9(11-4-5-12(17)24-11)6-10(14(18)20)15(21)22/h4-7H,8H2,1-3H3,(H,21,22). The highest BCUT2D eigenvalue weighted by Gasteiger charge is 2.20. The molecule has 0 atom stereocenters. The van der Waals surface area contributed by atoms with Crippen LogP contribution in [0.1, 0.15) is 31.1 Å². The van der Waals surface area contributed by atoms with Gasteiger partial charge in [0, 0.05) is 16.6 Å². The number of halogens is 1. The number of carbonyl (C=O) groups is 2. The number of hydrogen-bond donors (Lipinski definition) is 1. The van der Waals surface area contributed by atoms with Crippen LogP contribution in [0.25, 0.3) is 10.4 Å². The van der Waals surface area contributed by atoms with Gasteiger partial charge in [0.1, 0.15) is 17.7 Å². The smallest absolute Gasteiger partial charge is 0.341 e. The molecule has 0 spiro atoms. The molecule has 0 aliphatic rings. The van der Waals surface area contributed by atoms with Crippen molar-refractivity contribution in [3.63, 3.8) is 0 Å². The third-order valence-electron chi connectivity index (χ3n) is 2.89. The number of carbonyl (C=O) groups excluding carboxylic acids is 1. The first-order valence-corrected chi connectivity index (χ1v) is 8.21. The number of rotatable bonds is 4. The normalized spacial score (nSPS) is 11.3. The third kappa shape index (κ3) is 4.46. The molecule has 0 radical (unpaired) electrons. The highest BCUT2D eigenvalue weighted by atomic mass is 35.5. The van der Waals surface area contributed by atoms with Gasteiger partial charge in [-0.3, -0.25) is 9.59 Å². The number of thiophene rings is 1. The van der Waals surface area contributed by atoms with Crippen molar-refractivity contribution in [2.24, 2.45) is 0 Å². The van der Waals surface area contributed by atoms with Crippen molar-refractivity contribution in [1.82, 2.24) is 4.57 Å². The van der Waals surface area contributed by atoms with E-state index in [0.717, 1.165) is 4.57 Å². The zero-order valence-corrected chi connectivity index (χ0v) is 14.9. The Balaban J connectivity index is 2.46. The molecule has 0 amide bonds. The molecule has 0 fully saturated rings. The molecular formula is C16H16ClNO5S. The molecule has 0 aromatic carbocycles. The monoisotopic (exact) mass is 369 g/mol. The van der Waals surface area contributed by atoms with Gasteiger partial charge in [0.25, 0.3) is 5.56 Å². The molecule has 2 aromatic rings. The Morgan fingerprint density at radius 1 is 1.33 bits per heavy atom. The summed E-state index contributed by atoms with van der Waals surface area (Å²) in [7, 11) is 0. The summed E-state index contributed by atoms with van der Waals surface area (Å²) in [6.07, 6.45) is 1.43. The summed E-state index contributed by atoms with van der Waals surface area (Å²) in [6.45, 7) is 4.75. The predicted molar refractivity (Wildman–Crippen MR) is 91.8 cm³/mol. The highest BCUT2D eigenvalue weighted by molar-refractivity contribution is 7.19. The van der Waals surface area contributed by atoms with Crippen molar-refractivity contribution in [2.75, 3.05) is 0 Å². The molecule has 2 rings (SSSR count). The molecule has 128 valence electrons. The lowest BCUT2D eigenvalue weighted by Gasteiger charge is -2.20. The largest absolute Gasteiger partial charge is 0.477 e. The van der Waals surface area contributed by atoms with Crippen molar-refractivity contribution in [3.05, 3.63) is 44.6 Å². The Labute approximate surface area is 147 Å². The van der Waals surface area contributed by atoms with Gasteiger partial charge in [0.2, 0.25) is 0 Å². The average Bonchev–Trinajstić information content (AvgIpc) is 2.85. The summed E-state index contributed by atoms with van der Waals surface area (Å²) in [6, 6.07) is 4.67. The Kier molecular flexibility index (Phi) is 5.15. The Hall–Kier alpha value is -2.12. The molecule has 0 aliphatic carbocycles. The fraction of sp³-hybridized carbons (Fsp3) is 0.312. The van der Waals surface area contributed by atoms with Crippen LogP contribution in [0.5, 0.6) is 0 Å². The van der Waals surface area contributed by atoms with E-state index in [9.17, 15) is 19.5 Å². The number of nitrogens with zero attached hydrogens (tertiary/aromatic N) is 1. The van der Waals surface area contributed by atoms with Gasteiger partial charge in [-0.05, 0) is 39.0 Å². The molecular weight excluding hydrogens is 354 g/mol. The lowest BCUT2D eigenvalue weighted by molar-refractivity contribution is -0.155. The van der Waals surface area contributed by atoms with E-state index in [-0.39, 0.29) is 6.54 Å². The van der Waals surface area contributed by atoms with Crippen molar-refractivity contribution < 1.29 is 19.4 Å². The number of hydrogen-bond acceptors (Lipinski definition) is 5. The van der Waals surface area contributed by atoms with Crippen LogP contribution < -0.4 is 5.56 Å². The van der Waals surface area contributed by atoms with Crippen LogP contribution in [0.3, 0.4) is 0 Å². The van der Waals surface area contributed by atoms with Crippen LogP contribution in [-0.4, -0.2) is 27.2 Å². The summed E-state index contributed by atoms with van der Waals surface area (Å²) in [4.78, 5) is 36.2. The van der Waals surface area contributed by atoms with E-state index in [2.05, 4.69) is 0 Å². The number of aromatic carboxylic acids is 1. The summed E-state index contributed by atoms with van der Waals surface area (Å²) >= 11 is 7.15. The van der Waals surface area contributed by atoms with E-state index in [0.29, 0.717) is 14.8 Å². The fourth-order valence-electron chi connectivity index (χ4n) is 2.02. The van der Waals surface area contributed by atoms with E-state index < -0.39 is 28.7 Å². The average molecular weight is 370 g/mol. The van der Waals surface area contributed by atoms with Gasteiger partial charge in [-0.1, -0.05) is 11.6 Å². The van der Waals surface area contributed by atoms with E-state index in [1.54, 1.807) is 32.9 Å². The minimum absolute atomic E-state index is 0.372. The molecule has 6 nitrogen and oxygen atoms in total. The maximum absolute atomic E-state index is 12.3. The topological polar surface area (TPSA) is 85.6 Å². The molecule has 0 unspecified atom stereocenters. The first kappa shape index (κ1) is 18.2. The van der Waals surface area contributed by atoms with Crippen LogP contribution in [0.15, 0.2) is 29.2 Å². The molecule has 0 bridgehead atoms. The van der Waals surface area contributed by atoms with Crippen LogP contribution in [-0.2, 0) is 16.1 Å². The molecule has 8 heteroatoms. The van der Waals surface area contributed by atoms with E-state index in [1.807, 2.05) is 0 Å². The molecule has 0 aliphatic heterocycles. The van der Waals surface area contributed by atoms with Crippen LogP contribution in [0, 0.1) is 0 Å².